The van der Waals surface area contributed by atoms with Crippen LogP contribution in [0.4, 0.5) is 18.4 Å². The molecule has 3 aromatic carbocycles. The Morgan fingerprint density at radius 3 is 1.86 bits per heavy atom. The van der Waals surface area contributed by atoms with Gasteiger partial charge in [0.05, 0.1) is 0 Å². The van der Waals surface area contributed by atoms with E-state index in [2.05, 4.69) is 20.9 Å². The average molecular weight is 689 g/mol. The van der Waals surface area contributed by atoms with Gasteiger partial charge in [-0.15, -0.1) is 0 Å². The molecule has 1 aliphatic carbocycles. The van der Waals surface area contributed by atoms with Crippen molar-refractivity contribution >= 4 is 29.0 Å². The van der Waals surface area contributed by atoms with Crippen molar-refractivity contribution in [1.82, 2.24) is 20.9 Å². The van der Waals surface area contributed by atoms with E-state index in [4.69, 9.17) is 9.47 Å². The summed E-state index contributed by atoms with van der Waals surface area (Å²) >= 11 is 0. The van der Waals surface area contributed by atoms with E-state index in [1.165, 1.54) is 24.3 Å². The smallest absolute Gasteiger partial charge is 0.407 e. The van der Waals surface area contributed by atoms with E-state index in [0.717, 1.165) is 29.4 Å². The molecular formula is C39H46F2N4O5. The van der Waals surface area contributed by atoms with Gasteiger partial charge in [-0.25, -0.2) is 18.4 Å². The minimum absolute atomic E-state index is 0.0704. The zero-order valence-electron chi connectivity index (χ0n) is 29.4. The first kappa shape index (κ1) is 36.4. The molecule has 1 aromatic heterocycles. The van der Waals surface area contributed by atoms with Crippen LogP contribution in [0.15, 0.2) is 66.7 Å². The van der Waals surface area contributed by atoms with Gasteiger partial charge < -0.3 is 30.4 Å². The third-order valence-electron chi connectivity index (χ3n) is 8.29. The Bertz CT molecular complexity index is 1820. The van der Waals surface area contributed by atoms with Crippen molar-refractivity contribution in [3.05, 3.63) is 84.1 Å². The van der Waals surface area contributed by atoms with Gasteiger partial charge in [0.2, 0.25) is 0 Å². The fourth-order valence-corrected chi connectivity index (χ4v) is 5.87. The molecule has 11 heteroatoms. The quantitative estimate of drug-likeness (QED) is 0.126. The van der Waals surface area contributed by atoms with E-state index < -0.39 is 41.2 Å². The summed E-state index contributed by atoms with van der Waals surface area (Å²) in [5.41, 5.74) is 2.43. The number of benzene rings is 3. The number of fused-ring (bicyclic) bond motifs is 1. The predicted molar refractivity (Wildman–Crippen MR) is 190 cm³/mol. The van der Waals surface area contributed by atoms with Crippen molar-refractivity contribution in [2.75, 3.05) is 6.54 Å². The lowest BCUT2D eigenvalue weighted by Crippen LogP contribution is -2.47. The van der Waals surface area contributed by atoms with E-state index in [1.807, 2.05) is 18.2 Å². The molecule has 4 aromatic rings. The number of halogens is 2. The molecule has 0 saturated heterocycles. The van der Waals surface area contributed by atoms with Crippen LogP contribution >= 0.6 is 0 Å². The number of hydrogen-bond donors (Lipinski definition) is 4. The molecule has 2 unspecified atom stereocenters. The van der Waals surface area contributed by atoms with Crippen molar-refractivity contribution in [3.8, 4) is 22.3 Å². The zero-order valence-corrected chi connectivity index (χ0v) is 29.4. The van der Waals surface area contributed by atoms with Crippen LogP contribution in [-0.2, 0) is 9.47 Å². The second kappa shape index (κ2) is 14.9. The summed E-state index contributed by atoms with van der Waals surface area (Å²) in [6, 6.07) is 17.0. The third-order valence-corrected chi connectivity index (χ3v) is 8.29. The van der Waals surface area contributed by atoms with Crippen molar-refractivity contribution in [2.24, 2.45) is 5.92 Å². The number of hydrogen-bond acceptors (Lipinski definition) is 5. The summed E-state index contributed by atoms with van der Waals surface area (Å²) in [5.74, 6) is -0.858. The van der Waals surface area contributed by atoms with Gasteiger partial charge in [-0.3, -0.25) is 4.79 Å². The van der Waals surface area contributed by atoms with Gasteiger partial charge >= 0.3 is 12.2 Å². The maximum Gasteiger partial charge on any atom is 0.407 e. The highest BCUT2D eigenvalue weighted by molar-refractivity contribution is 6.10. The first-order valence-electron chi connectivity index (χ1n) is 17.0. The summed E-state index contributed by atoms with van der Waals surface area (Å²) in [6.45, 7) is 10.8. The highest BCUT2D eigenvalue weighted by atomic mass is 19.1. The molecule has 4 N–H and O–H groups in total. The largest absolute Gasteiger partial charge is 0.444 e. The lowest BCUT2D eigenvalue weighted by Gasteiger charge is -2.27. The first-order valence-corrected chi connectivity index (χ1v) is 17.0. The normalized spacial score (nSPS) is 14.5. The summed E-state index contributed by atoms with van der Waals surface area (Å²) < 4.78 is 38.5. The van der Waals surface area contributed by atoms with Crippen LogP contribution in [0.3, 0.4) is 0 Å². The van der Waals surface area contributed by atoms with E-state index >= 15 is 0 Å². The first-order chi connectivity index (χ1) is 23.5. The minimum Gasteiger partial charge on any atom is -0.444 e. The lowest BCUT2D eigenvalue weighted by atomic mass is 9.98. The molecule has 2 atom stereocenters. The number of H-pyrrole nitrogens is 1. The molecular weight excluding hydrogens is 642 g/mol. The number of carbonyl (C=O) groups excluding carboxylic acids is 3. The van der Waals surface area contributed by atoms with Crippen molar-refractivity contribution in [1.29, 1.82) is 0 Å². The van der Waals surface area contributed by atoms with Crippen molar-refractivity contribution in [2.45, 2.75) is 90.5 Å². The average Bonchev–Trinajstić information content (AvgIpc) is 3.80. The van der Waals surface area contributed by atoms with Crippen LogP contribution in [0.2, 0.25) is 0 Å². The Balaban J connectivity index is 1.38. The van der Waals surface area contributed by atoms with Gasteiger partial charge in [0.1, 0.15) is 28.5 Å². The zero-order chi connectivity index (χ0) is 36.2. The number of rotatable bonds is 11. The maximum atomic E-state index is 13.9. The highest BCUT2D eigenvalue weighted by Crippen LogP contribution is 2.36. The molecule has 0 bridgehead atoms. The monoisotopic (exact) mass is 688 g/mol. The molecule has 1 fully saturated rings. The van der Waals surface area contributed by atoms with Crippen molar-refractivity contribution < 1.29 is 32.6 Å². The second-order valence-corrected chi connectivity index (χ2v) is 14.9. The Labute approximate surface area is 291 Å². The summed E-state index contributed by atoms with van der Waals surface area (Å²) in [4.78, 5) is 42.7. The number of aromatic amines is 1. The van der Waals surface area contributed by atoms with Crippen LogP contribution in [0.1, 0.15) is 77.7 Å². The Kier molecular flexibility index (Phi) is 10.8. The summed E-state index contributed by atoms with van der Waals surface area (Å²) in [5, 5.41) is 9.61. The summed E-state index contributed by atoms with van der Waals surface area (Å²) in [7, 11) is 0. The SMILES string of the molecule is CC(C)(C)OC(=O)NC(CCC(NC(=O)OC(C)(C)C)C1CC1)CNC(=O)c1[nH]c2cc(-c3ccc(F)cc3)ccc2c1-c1ccc(F)cc1. The lowest BCUT2D eigenvalue weighted by molar-refractivity contribution is 0.0469. The number of aromatic nitrogens is 1. The minimum atomic E-state index is -0.728. The highest BCUT2D eigenvalue weighted by Gasteiger charge is 2.34. The predicted octanol–water partition coefficient (Wildman–Crippen LogP) is 8.49. The Hall–Kier alpha value is -4.93. The van der Waals surface area contributed by atoms with Gasteiger partial charge in [-0.05, 0) is 120 Å². The van der Waals surface area contributed by atoms with Gasteiger partial charge in [0.25, 0.3) is 5.91 Å². The molecule has 5 rings (SSSR count). The maximum absolute atomic E-state index is 13.9. The summed E-state index contributed by atoms with van der Waals surface area (Å²) in [6.07, 6.45) is 1.84. The molecule has 1 aliphatic rings. The molecule has 0 spiro atoms. The number of carbonyl (C=O) groups is 3. The Morgan fingerprint density at radius 2 is 1.30 bits per heavy atom. The van der Waals surface area contributed by atoms with Gasteiger partial charge in [0.15, 0.2) is 0 Å². The standard InChI is InChI=1S/C39H46F2N4O5/c1-38(2,3)49-36(47)43-29(18-20-31(24-7-8-24)45-37(48)50-39(4,5)6)22-42-35(46)34-33(25-11-16-28(41)17-12-25)30-19-13-26(21-32(30)44-34)23-9-14-27(40)15-10-23/h9-17,19,21,24,29,31,44H,7-8,18,20,22H2,1-6H3,(H,42,46)(H,43,47)(H,45,48). The van der Waals surface area contributed by atoms with Crippen LogP contribution in [0.5, 0.6) is 0 Å². The van der Waals surface area contributed by atoms with Crippen LogP contribution in [0, 0.1) is 17.6 Å². The van der Waals surface area contributed by atoms with Gasteiger partial charge in [-0.1, -0.05) is 36.4 Å². The molecule has 1 saturated carbocycles. The van der Waals surface area contributed by atoms with Crippen molar-refractivity contribution in [3.63, 3.8) is 0 Å². The third kappa shape index (κ3) is 10.1. The van der Waals surface area contributed by atoms with E-state index in [-0.39, 0.29) is 24.1 Å². The van der Waals surface area contributed by atoms with Crippen LogP contribution in [-0.4, -0.2) is 52.9 Å². The number of nitrogens with one attached hydrogen (secondary N) is 4. The number of alkyl carbamates (subject to hydrolysis) is 2. The van der Waals surface area contributed by atoms with E-state index in [1.54, 1.807) is 65.8 Å². The number of ether oxygens (including phenoxy) is 2. The van der Waals surface area contributed by atoms with E-state index in [0.29, 0.717) is 35.4 Å². The fourth-order valence-electron chi connectivity index (χ4n) is 5.87. The molecule has 1 heterocycles. The van der Waals surface area contributed by atoms with Gasteiger partial charge in [0, 0.05) is 35.1 Å². The molecule has 3 amide bonds. The molecule has 0 aliphatic heterocycles. The molecule has 9 nitrogen and oxygen atoms in total. The second-order valence-electron chi connectivity index (χ2n) is 14.9. The Morgan fingerprint density at radius 1 is 0.760 bits per heavy atom. The van der Waals surface area contributed by atoms with Crippen LogP contribution < -0.4 is 16.0 Å². The number of amides is 3. The van der Waals surface area contributed by atoms with Crippen LogP contribution in [0.25, 0.3) is 33.2 Å². The topological polar surface area (TPSA) is 122 Å². The van der Waals surface area contributed by atoms with E-state index in [9.17, 15) is 23.2 Å². The molecule has 50 heavy (non-hydrogen) atoms. The molecule has 0 radical (unpaired) electrons. The fraction of sp³-hybridized carbons (Fsp3) is 0.410. The van der Waals surface area contributed by atoms with Gasteiger partial charge in [-0.2, -0.15) is 0 Å². The molecule has 266 valence electrons.